The first kappa shape index (κ1) is 34.5. The molecule has 1 saturated carbocycles. The van der Waals surface area contributed by atoms with E-state index >= 15 is 0 Å². The summed E-state index contributed by atoms with van der Waals surface area (Å²) in [4.78, 5) is 34.3. The number of aryl methyl sites for hydroxylation is 2. The number of carbonyl (C=O) groups is 1. The zero-order valence-corrected chi connectivity index (χ0v) is 29.7. The highest BCUT2D eigenvalue weighted by atomic mass is 32.2. The Labute approximate surface area is 295 Å². The number of amides is 1. The van der Waals surface area contributed by atoms with Crippen LogP contribution in [0, 0.1) is 19.3 Å². The summed E-state index contributed by atoms with van der Waals surface area (Å²) in [5, 5.41) is 20.2. The first-order valence-corrected chi connectivity index (χ1v) is 18.3. The standard InChI is InChI=1S/C37H40N6O7S/c1-22-7-5-8-23(2)32(22)28-17-31-41-35(40-28)42-51(47,48)27-10-6-9-24(15-27)34(45)43(26(21-49-31)18-36(3)11-12-36)20-25-19-38-33-29(39-25)16-30(50-33)37(4,46)13-14-44/h5-10,15-17,19,26,44,46H,11-14,18,20-21H2,1-4H3,(H,40,41,42)/t26-,37?/m1/s1. The Morgan fingerprint density at radius 1 is 1.06 bits per heavy atom. The minimum absolute atomic E-state index is 0.0130. The van der Waals surface area contributed by atoms with Crippen molar-refractivity contribution in [1.82, 2.24) is 24.8 Å². The van der Waals surface area contributed by atoms with Gasteiger partial charge in [-0.3, -0.25) is 4.79 Å². The van der Waals surface area contributed by atoms with E-state index in [9.17, 15) is 23.4 Å². The van der Waals surface area contributed by atoms with E-state index in [0.29, 0.717) is 23.3 Å². The van der Waals surface area contributed by atoms with Crippen LogP contribution in [0.4, 0.5) is 5.95 Å². The van der Waals surface area contributed by atoms with Gasteiger partial charge < -0.3 is 24.3 Å². The van der Waals surface area contributed by atoms with Gasteiger partial charge in [0.15, 0.2) is 0 Å². The quantitative estimate of drug-likeness (QED) is 0.190. The Kier molecular flexibility index (Phi) is 8.80. The molecule has 0 spiro atoms. The molecule has 13 nitrogen and oxygen atoms in total. The highest BCUT2D eigenvalue weighted by molar-refractivity contribution is 7.92. The Bertz CT molecular complexity index is 2230. The van der Waals surface area contributed by atoms with E-state index in [4.69, 9.17) is 14.1 Å². The number of benzene rings is 2. The monoisotopic (exact) mass is 712 g/mol. The molecule has 4 bridgehead atoms. The van der Waals surface area contributed by atoms with Gasteiger partial charge in [-0.2, -0.15) is 4.98 Å². The number of aromatic nitrogens is 4. The molecule has 2 aliphatic rings. The van der Waals surface area contributed by atoms with Crippen LogP contribution in [0.5, 0.6) is 5.88 Å². The van der Waals surface area contributed by atoms with Crippen LogP contribution in [0.15, 0.2) is 70.1 Å². The van der Waals surface area contributed by atoms with E-state index in [1.165, 1.54) is 31.3 Å². The molecule has 0 radical (unpaired) electrons. The number of anilines is 1. The average Bonchev–Trinajstić information content (AvgIpc) is 3.64. The normalized spacial score (nSPS) is 19.2. The molecule has 1 aliphatic carbocycles. The third kappa shape index (κ3) is 7.16. The van der Waals surface area contributed by atoms with Crippen LogP contribution in [0.25, 0.3) is 22.5 Å². The SMILES string of the molecule is Cc1cccc(C)c1-c1cc2nc(n1)NS(=O)(=O)c1cccc(c1)C(=O)N(Cc1cnc3oc(C(C)(O)CCO)cc3n1)[C@H](CC1(C)CC1)CO2. The van der Waals surface area contributed by atoms with Crippen LogP contribution in [-0.2, 0) is 22.2 Å². The van der Waals surface area contributed by atoms with Gasteiger partial charge in [0.25, 0.3) is 15.9 Å². The number of nitrogens with zero attached hydrogens (tertiary/aromatic N) is 5. The van der Waals surface area contributed by atoms with Gasteiger partial charge in [0, 0.05) is 36.3 Å². The summed E-state index contributed by atoms with van der Waals surface area (Å²) in [7, 11) is -4.22. The Hall–Kier alpha value is -4.92. The fraction of sp³-hybridized carbons (Fsp3) is 0.378. The van der Waals surface area contributed by atoms with E-state index in [2.05, 4.69) is 26.6 Å². The zero-order chi connectivity index (χ0) is 36.1. The Morgan fingerprint density at radius 2 is 1.80 bits per heavy atom. The molecular formula is C37H40N6O7S. The number of carbonyl (C=O) groups excluding carboxylic acids is 1. The maximum absolute atomic E-state index is 14.5. The fourth-order valence-corrected chi connectivity index (χ4v) is 7.53. The summed E-state index contributed by atoms with van der Waals surface area (Å²) in [5.41, 5.74) is 3.02. The highest BCUT2D eigenvalue weighted by Crippen LogP contribution is 2.49. The molecule has 1 fully saturated rings. The molecule has 3 aromatic heterocycles. The number of aliphatic hydroxyl groups is 2. The fourth-order valence-electron chi connectivity index (χ4n) is 6.54. The van der Waals surface area contributed by atoms with Crippen LogP contribution in [0.2, 0.25) is 0 Å². The maximum atomic E-state index is 14.5. The number of rotatable bonds is 8. The predicted octanol–water partition coefficient (Wildman–Crippen LogP) is 5.28. The van der Waals surface area contributed by atoms with Crippen molar-refractivity contribution in [3.63, 3.8) is 0 Å². The second kappa shape index (κ2) is 13.0. The van der Waals surface area contributed by atoms with Gasteiger partial charge in [0.2, 0.25) is 17.5 Å². The molecule has 1 unspecified atom stereocenters. The number of ether oxygens (including phenoxy) is 1. The van der Waals surface area contributed by atoms with E-state index in [0.717, 1.165) is 29.5 Å². The van der Waals surface area contributed by atoms with Gasteiger partial charge in [-0.05, 0) is 74.8 Å². The van der Waals surface area contributed by atoms with Crippen LogP contribution in [0.1, 0.15) is 72.5 Å². The lowest BCUT2D eigenvalue weighted by molar-refractivity contribution is 0.0111. The molecule has 1 amide bonds. The number of sulfonamides is 1. The van der Waals surface area contributed by atoms with E-state index in [1.807, 2.05) is 32.0 Å². The zero-order valence-electron chi connectivity index (χ0n) is 28.9. The molecular weight excluding hydrogens is 673 g/mol. The molecule has 14 heteroatoms. The molecule has 0 saturated heterocycles. The minimum Gasteiger partial charge on any atom is -0.475 e. The average molecular weight is 713 g/mol. The maximum Gasteiger partial charge on any atom is 0.264 e. The number of hydrogen-bond acceptors (Lipinski definition) is 11. The van der Waals surface area contributed by atoms with E-state index < -0.39 is 27.6 Å². The smallest absolute Gasteiger partial charge is 0.264 e. The largest absolute Gasteiger partial charge is 0.475 e. The number of hydrogen-bond donors (Lipinski definition) is 3. The predicted molar refractivity (Wildman–Crippen MR) is 188 cm³/mol. The topological polar surface area (TPSA) is 181 Å². The van der Waals surface area contributed by atoms with Crippen LogP contribution >= 0.6 is 0 Å². The van der Waals surface area contributed by atoms with Gasteiger partial charge in [-0.1, -0.05) is 31.2 Å². The van der Waals surface area contributed by atoms with Crippen LogP contribution in [-0.4, -0.2) is 68.6 Å². The molecule has 2 atom stereocenters. The molecule has 3 N–H and O–H groups in total. The third-order valence-electron chi connectivity index (χ3n) is 9.76. The first-order valence-electron chi connectivity index (χ1n) is 16.9. The third-order valence-corrected chi connectivity index (χ3v) is 11.1. The molecule has 266 valence electrons. The van der Waals surface area contributed by atoms with Crippen LogP contribution < -0.4 is 9.46 Å². The lowest BCUT2D eigenvalue weighted by Gasteiger charge is -2.33. The molecule has 5 aromatic rings. The van der Waals surface area contributed by atoms with E-state index in [-0.39, 0.29) is 65.4 Å². The minimum atomic E-state index is -4.22. The lowest BCUT2D eigenvalue weighted by atomic mass is 9.97. The van der Waals surface area contributed by atoms with Gasteiger partial charge >= 0.3 is 0 Å². The van der Waals surface area contributed by atoms with Crippen molar-refractivity contribution in [3.8, 4) is 17.1 Å². The summed E-state index contributed by atoms with van der Waals surface area (Å²) in [6.45, 7) is 7.48. The van der Waals surface area contributed by atoms with Crippen molar-refractivity contribution >= 4 is 33.1 Å². The van der Waals surface area contributed by atoms with Gasteiger partial charge in [0.05, 0.1) is 35.1 Å². The second-order valence-corrected chi connectivity index (χ2v) is 15.8. The van der Waals surface area contributed by atoms with E-state index in [1.54, 1.807) is 23.1 Å². The summed E-state index contributed by atoms with van der Waals surface area (Å²) in [5.74, 6) is -0.179. The number of aliphatic hydroxyl groups excluding tert-OH is 1. The summed E-state index contributed by atoms with van der Waals surface area (Å²) in [6.07, 6.45) is 4.18. The van der Waals surface area contributed by atoms with Crippen molar-refractivity contribution in [2.24, 2.45) is 5.41 Å². The number of fused-ring (bicyclic) bond motifs is 5. The van der Waals surface area contributed by atoms with Crippen molar-refractivity contribution in [2.45, 2.75) is 76.5 Å². The highest BCUT2D eigenvalue weighted by Gasteiger charge is 2.42. The number of nitrogens with one attached hydrogen (secondary N) is 1. The van der Waals surface area contributed by atoms with Crippen molar-refractivity contribution in [2.75, 3.05) is 17.9 Å². The van der Waals surface area contributed by atoms with Gasteiger partial charge in [-0.25, -0.2) is 28.1 Å². The Balaban J connectivity index is 1.33. The molecule has 7 rings (SSSR count). The summed E-state index contributed by atoms with van der Waals surface area (Å²) in [6, 6.07) is 14.5. The van der Waals surface area contributed by atoms with Gasteiger partial charge in [0.1, 0.15) is 23.5 Å². The number of furan rings is 1. The second-order valence-electron chi connectivity index (χ2n) is 14.1. The molecule has 2 aromatic carbocycles. The Morgan fingerprint density at radius 3 is 2.53 bits per heavy atom. The van der Waals surface area contributed by atoms with Crippen molar-refractivity contribution in [1.29, 1.82) is 0 Å². The molecule has 51 heavy (non-hydrogen) atoms. The summed E-state index contributed by atoms with van der Waals surface area (Å²) < 4.78 is 42.1. The van der Waals surface area contributed by atoms with Crippen LogP contribution in [0.3, 0.4) is 0 Å². The van der Waals surface area contributed by atoms with Crippen molar-refractivity contribution < 1.29 is 32.6 Å². The molecule has 4 heterocycles. The van der Waals surface area contributed by atoms with Gasteiger partial charge in [-0.15, -0.1) is 0 Å². The molecule has 1 aliphatic heterocycles. The summed E-state index contributed by atoms with van der Waals surface area (Å²) >= 11 is 0. The lowest BCUT2D eigenvalue weighted by Crippen LogP contribution is -2.44. The first-order chi connectivity index (χ1) is 24.2. The van der Waals surface area contributed by atoms with Crippen molar-refractivity contribution in [3.05, 3.63) is 88.9 Å².